The van der Waals surface area contributed by atoms with E-state index in [-0.39, 0.29) is 24.0 Å². The third-order valence-electron chi connectivity index (χ3n) is 7.15. The molecule has 0 saturated carbocycles. The highest BCUT2D eigenvalue weighted by atomic mass is 19.4. The number of likely N-dealkylation sites (N-methyl/N-ethyl adjacent to an activating group) is 1. The van der Waals surface area contributed by atoms with E-state index in [1.807, 2.05) is 24.3 Å². The molecule has 1 aromatic heterocycles. The van der Waals surface area contributed by atoms with Gasteiger partial charge in [0.25, 0.3) is 5.91 Å². The molecule has 12 heteroatoms. The number of rotatable bonds is 9. The maximum absolute atomic E-state index is 13.3. The number of piperazine rings is 1. The molecule has 43 heavy (non-hydrogen) atoms. The van der Waals surface area contributed by atoms with Gasteiger partial charge in [-0.25, -0.2) is 0 Å². The normalized spacial score (nSPS) is 14.4. The molecule has 0 spiro atoms. The summed E-state index contributed by atoms with van der Waals surface area (Å²) in [7, 11) is 2.10. The Morgan fingerprint density at radius 1 is 0.953 bits per heavy atom. The van der Waals surface area contributed by atoms with Crippen LogP contribution in [0, 0.1) is 6.92 Å². The van der Waals surface area contributed by atoms with Crippen molar-refractivity contribution in [3.63, 3.8) is 0 Å². The van der Waals surface area contributed by atoms with Gasteiger partial charge >= 0.3 is 6.36 Å². The fraction of sp³-hybridized carbons (Fsp3) is 0.290. The van der Waals surface area contributed by atoms with Crippen molar-refractivity contribution in [2.24, 2.45) is 0 Å². The number of alkyl halides is 3. The highest BCUT2D eigenvalue weighted by Crippen LogP contribution is 2.25. The third kappa shape index (κ3) is 7.85. The van der Waals surface area contributed by atoms with Crippen LogP contribution in [-0.4, -0.2) is 75.8 Å². The second-order valence-electron chi connectivity index (χ2n) is 10.5. The van der Waals surface area contributed by atoms with Gasteiger partial charge in [0.15, 0.2) is 11.6 Å². The zero-order valence-electron chi connectivity index (χ0n) is 23.8. The number of Topliss-reactive ketones (excluding diaryl/α,β-unsaturated/α-hetero) is 1. The SMILES string of the molecule is Cc1ccccc1C(=O)Nc1nc(CC(=O)c2cccc(CN3CCN(C)CC3)c2)nn1-c1ccc(OC(F)(F)F)cc1. The number of aryl methyl sites for hydroxylation is 1. The molecule has 1 aliphatic rings. The van der Waals surface area contributed by atoms with Crippen LogP contribution in [0.1, 0.15) is 37.7 Å². The second kappa shape index (κ2) is 12.8. The number of hydrogen-bond acceptors (Lipinski definition) is 7. The first-order valence-electron chi connectivity index (χ1n) is 13.8. The first-order valence-corrected chi connectivity index (χ1v) is 13.8. The molecule has 1 saturated heterocycles. The van der Waals surface area contributed by atoms with Crippen LogP contribution in [0.25, 0.3) is 5.69 Å². The summed E-state index contributed by atoms with van der Waals surface area (Å²) in [6.45, 7) is 6.43. The molecule has 2 heterocycles. The van der Waals surface area contributed by atoms with Gasteiger partial charge in [-0.15, -0.1) is 18.3 Å². The van der Waals surface area contributed by atoms with Crippen LogP contribution in [0.4, 0.5) is 19.1 Å². The molecule has 1 fully saturated rings. The largest absolute Gasteiger partial charge is 0.573 e. The maximum Gasteiger partial charge on any atom is 0.573 e. The smallest absolute Gasteiger partial charge is 0.406 e. The van der Waals surface area contributed by atoms with Crippen LogP contribution >= 0.6 is 0 Å². The standard InChI is InChI=1S/C31H31F3N6O3/c1-21-6-3-4-9-26(21)29(42)36-30-35-28(37-40(30)24-10-12-25(13-11-24)43-31(32,33)34)19-27(41)23-8-5-7-22(18-23)20-39-16-14-38(2)15-17-39/h3-13,18H,14-17,19-20H2,1-2H3,(H,35,36,37,42). The van der Waals surface area contributed by atoms with E-state index in [1.54, 1.807) is 31.2 Å². The van der Waals surface area contributed by atoms with Gasteiger partial charge in [-0.2, -0.15) is 9.67 Å². The van der Waals surface area contributed by atoms with Crippen molar-refractivity contribution < 1.29 is 27.5 Å². The van der Waals surface area contributed by atoms with Crippen molar-refractivity contribution >= 4 is 17.6 Å². The van der Waals surface area contributed by atoms with Gasteiger partial charge in [-0.3, -0.25) is 19.8 Å². The summed E-state index contributed by atoms with van der Waals surface area (Å²) in [6.07, 6.45) is -4.98. The van der Waals surface area contributed by atoms with E-state index in [2.05, 4.69) is 37.0 Å². The Morgan fingerprint density at radius 2 is 1.67 bits per heavy atom. The number of benzene rings is 3. The lowest BCUT2D eigenvalue weighted by molar-refractivity contribution is -0.274. The summed E-state index contributed by atoms with van der Waals surface area (Å²) in [4.78, 5) is 35.5. The fourth-order valence-electron chi connectivity index (χ4n) is 4.83. The summed E-state index contributed by atoms with van der Waals surface area (Å²) in [5, 5.41) is 7.17. The summed E-state index contributed by atoms with van der Waals surface area (Å²) in [6, 6.07) is 19.4. The lowest BCUT2D eigenvalue weighted by Crippen LogP contribution is -2.43. The topological polar surface area (TPSA) is 92.6 Å². The number of hydrogen-bond donors (Lipinski definition) is 1. The van der Waals surface area contributed by atoms with Crippen molar-refractivity contribution in [1.29, 1.82) is 0 Å². The van der Waals surface area contributed by atoms with Gasteiger partial charge in [0.2, 0.25) is 5.95 Å². The fourth-order valence-corrected chi connectivity index (χ4v) is 4.83. The number of ether oxygens (including phenoxy) is 1. The van der Waals surface area contributed by atoms with E-state index >= 15 is 0 Å². The Hall–Kier alpha value is -4.55. The molecule has 0 unspecified atom stereocenters. The average molecular weight is 593 g/mol. The minimum absolute atomic E-state index is 0.0179. The predicted octanol–water partition coefficient (Wildman–Crippen LogP) is 4.90. The minimum atomic E-state index is -4.84. The van der Waals surface area contributed by atoms with Gasteiger partial charge in [0, 0.05) is 43.9 Å². The number of nitrogens with zero attached hydrogens (tertiary/aromatic N) is 5. The van der Waals surface area contributed by atoms with Crippen LogP contribution < -0.4 is 10.1 Å². The van der Waals surface area contributed by atoms with Crippen LogP contribution in [0.5, 0.6) is 5.75 Å². The van der Waals surface area contributed by atoms with Crippen molar-refractivity contribution in [1.82, 2.24) is 24.6 Å². The summed E-state index contributed by atoms with van der Waals surface area (Å²) in [5.74, 6) is -0.899. The molecule has 224 valence electrons. The molecular formula is C31H31F3N6O3. The van der Waals surface area contributed by atoms with E-state index in [0.29, 0.717) is 16.8 Å². The number of carbonyl (C=O) groups excluding carboxylic acids is 2. The second-order valence-corrected chi connectivity index (χ2v) is 10.5. The Kier molecular flexibility index (Phi) is 8.88. The molecule has 1 amide bonds. The highest BCUT2D eigenvalue weighted by molar-refractivity contribution is 6.04. The minimum Gasteiger partial charge on any atom is -0.406 e. The molecular weight excluding hydrogens is 561 g/mol. The summed E-state index contributed by atoms with van der Waals surface area (Å²) >= 11 is 0. The lowest BCUT2D eigenvalue weighted by atomic mass is 10.0. The highest BCUT2D eigenvalue weighted by Gasteiger charge is 2.31. The molecule has 5 rings (SSSR count). The molecule has 0 aliphatic carbocycles. The molecule has 3 aromatic carbocycles. The molecule has 1 aliphatic heterocycles. The quantitative estimate of drug-likeness (QED) is 0.277. The van der Waals surface area contributed by atoms with Crippen LogP contribution in [0.3, 0.4) is 0 Å². The van der Waals surface area contributed by atoms with Gasteiger partial charge in [0.1, 0.15) is 5.75 Å². The number of amides is 1. The Bertz CT molecular complexity index is 1600. The van der Waals surface area contributed by atoms with Crippen LogP contribution in [0.15, 0.2) is 72.8 Å². The van der Waals surface area contributed by atoms with E-state index in [9.17, 15) is 22.8 Å². The summed E-state index contributed by atoms with van der Waals surface area (Å²) < 4.78 is 43.2. The molecule has 1 N–H and O–H groups in total. The van der Waals surface area contributed by atoms with Crippen molar-refractivity contribution in [3.05, 3.63) is 101 Å². The van der Waals surface area contributed by atoms with Crippen LogP contribution in [-0.2, 0) is 13.0 Å². The zero-order chi connectivity index (χ0) is 30.6. The van der Waals surface area contributed by atoms with E-state index in [1.165, 1.54) is 16.8 Å². The number of ketones is 1. The number of nitrogens with one attached hydrogen (secondary N) is 1. The maximum atomic E-state index is 13.3. The Labute approximate surface area is 246 Å². The monoisotopic (exact) mass is 592 g/mol. The van der Waals surface area contributed by atoms with E-state index in [0.717, 1.165) is 56.0 Å². The average Bonchev–Trinajstić information content (AvgIpc) is 3.35. The van der Waals surface area contributed by atoms with Crippen molar-refractivity contribution in [2.45, 2.75) is 26.3 Å². The first kappa shape index (κ1) is 29.9. The molecule has 0 atom stereocenters. The lowest BCUT2D eigenvalue weighted by Gasteiger charge is -2.32. The number of anilines is 1. The van der Waals surface area contributed by atoms with Crippen molar-refractivity contribution in [3.8, 4) is 11.4 Å². The number of aromatic nitrogens is 3. The number of halogens is 3. The Morgan fingerprint density at radius 3 is 2.37 bits per heavy atom. The third-order valence-corrected chi connectivity index (χ3v) is 7.15. The van der Waals surface area contributed by atoms with E-state index in [4.69, 9.17) is 0 Å². The zero-order valence-corrected chi connectivity index (χ0v) is 23.8. The number of carbonyl (C=O) groups is 2. The van der Waals surface area contributed by atoms with E-state index < -0.39 is 18.0 Å². The van der Waals surface area contributed by atoms with Gasteiger partial charge < -0.3 is 9.64 Å². The van der Waals surface area contributed by atoms with Crippen molar-refractivity contribution in [2.75, 3.05) is 38.5 Å². The van der Waals surface area contributed by atoms with Crippen LogP contribution in [0.2, 0.25) is 0 Å². The van der Waals surface area contributed by atoms with Gasteiger partial charge in [-0.1, -0.05) is 36.4 Å². The summed E-state index contributed by atoms with van der Waals surface area (Å²) in [5.41, 5.74) is 3.02. The van der Waals surface area contributed by atoms with Gasteiger partial charge in [-0.05, 0) is 61.5 Å². The Balaban J connectivity index is 1.38. The molecule has 4 aromatic rings. The van der Waals surface area contributed by atoms with Gasteiger partial charge in [0.05, 0.1) is 12.1 Å². The predicted molar refractivity (Wildman–Crippen MR) is 154 cm³/mol. The first-order chi connectivity index (χ1) is 20.5. The molecule has 9 nitrogen and oxygen atoms in total. The molecule has 0 radical (unpaired) electrons. The molecule has 0 bridgehead atoms.